The van der Waals surface area contributed by atoms with Gasteiger partial charge in [-0.05, 0) is 63.5 Å². The normalized spacial score (nSPS) is 14.8. The largest absolute Gasteiger partial charge is 0.478 e. The summed E-state index contributed by atoms with van der Waals surface area (Å²) in [6.07, 6.45) is 5.64. The Labute approximate surface area is 131 Å². The first-order chi connectivity index (χ1) is 10.5. The maximum Gasteiger partial charge on any atom is 0.335 e. The van der Waals surface area contributed by atoms with E-state index in [0.717, 1.165) is 0 Å². The van der Waals surface area contributed by atoms with Crippen LogP contribution in [0.3, 0.4) is 0 Å². The van der Waals surface area contributed by atoms with E-state index in [0.29, 0.717) is 0 Å². The SMILES string of the molecule is CCCN1CCCCC1.Cc1c(C(=O)O)cccc1C(=O)O. The molecule has 5 nitrogen and oxygen atoms in total. The van der Waals surface area contributed by atoms with E-state index >= 15 is 0 Å². The second-order valence-electron chi connectivity index (χ2n) is 5.49. The van der Waals surface area contributed by atoms with Gasteiger partial charge >= 0.3 is 11.9 Å². The lowest BCUT2D eigenvalue weighted by atomic mass is 10.0. The van der Waals surface area contributed by atoms with Crippen LogP contribution in [0.5, 0.6) is 0 Å². The second-order valence-corrected chi connectivity index (χ2v) is 5.49. The van der Waals surface area contributed by atoms with E-state index in [1.807, 2.05) is 0 Å². The second kappa shape index (κ2) is 9.20. The summed E-state index contributed by atoms with van der Waals surface area (Å²) in [5.74, 6) is -2.22. The molecule has 2 rings (SSSR count). The summed E-state index contributed by atoms with van der Waals surface area (Å²) in [5.41, 5.74) is 0.335. The Morgan fingerprint density at radius 2 is 1.55 bits per heavy atom. The van der Waals surface area contributed by atoms with Gasteiger partial charge in [0.15, 0.2) is 0 Å². The lowest BCUT2D eigenvalue weighted by molar-refractivity contribution is 0.0696. The highest BCUT2D eigenvalue weighted by molar-refractivity contribution is 5.96. The van der Waals surface area contributed by atoms with Gasteiger partial charge in [0.25, 0.3) is 0 Å². The fourth-order valence-corrected chi connectivity index (χ4v) is 2.60. The third-order valence-corrected chi connectivity index (χ3v) is 3.78. The summed E-state index contributed by atoms with van der Waals surface area (Å²) in [5, 5.41) is 17.4. The van der Waals surface area contributed by atoms with Gasteiger partial charge in [-0.1, -0.05) is 19.4 Å². The first-order valence-electron chi connectivity index (χ1n) is 7.76. The fraction of sp³-hybridized carbons (Fsp3) is 0.529. The first kappa shape index (κ1) is 18.2. The van der Waals surface area contributed by atoms with Crippen molar-refractivity contribution in [3.8, 4) is 0 Å². The number of carboxylic acids is 2. The molecule has 122 valence electrons. The summed E-state index contributed by atoms with van der Waals surface area (Å²) >= 11 is 0. The smallest absolute Gasteiger partial charge is 0.335 e. The Kier molecular flexibility index (Phi) is 7.60. The molecule has 1 aliphatic heterocycles. The van der Waals surface area contributed by atoms with Crippen LogP contribution < -0.4 is 0 Å². The molecule has 2 N–H and O–H groups in total. The van der Waals surface area contributed by atoms with Crippen LogP contribution in [-0.4, -0.2) is 46.7 Å². The molecular formula is C17H25NO4. The molecule has 1 heterocycles. The Morgan fingerprint density at radius 3 is 1.95 bits per heavy atom. The molecule has 0 radical (unpaired) electrons. The van der Waals surface area contributed by atoms with E-state index in [-0.39, 0.29) is 16.7 Å². The molecule has 5 heteroatoms. The molecule has 1 fully saturated rings. The van der Waals surface area contributed by atoms with Crippen molar-refractivity contribution in [3.05, 3.63) is 34.9 Å². The number of nitrogens with zero attached hydrogens (tertiary/aromatic N) is 1. The molecular weight excluding hydrogens is 282 g/mol. The Balaban J connectivity index is 0.000000235. The number of likely N-dealkylation sites (tertiary alicyclic amines) is 1. The lowest BCUT2D eigenvalue weighted by Gasteiger charge is -2.25. The van der Waals surface area contributed by atoms with Crippen molar-refractivity contribution in [2.75, 3.05) is 19.6 Å². The number of rotatable bonds is 4. The Morgan fingerprint density at radius 1 is 1.05 bits per heavy atom. The average Bonchev–Trinajstić information content (AvgIpc) is 2.49. The summed E-state index contributed by atoms with van der Waals surface area (Å²) in [6.45, 7) is 7.77. The number of carbonyl (C=O) groups is 2. The van der Waals surface area contributed by atoms with Gasteiger partial charge in [-0.15, -0.1) is 0 Å². The standard InChI is InChI=1S/C9H8O4.C8H17N/c1-5-6(8(10)11)3-2-4-7(5)9(12)13;1-2-6-9-7-4-3-5-8-9/h2-4H,1H3,(H,10,11)(H,12,13);2-8H2,1H3. The third kappa shape index (κ3) is 5.48. The molecule has 0 saturated carbocycles. The predicted octanol–water partition coefficient (Wildman–Crippen LogP) is 3.27. The van der Waals surface area contributed by atoms with E-state index < -0.39 is 11.9 Å². The monoisotopic (exact) mass is 307 g/mol. The van der Waals surface area contributed by atoms with Crippen LogP contribution >= 0.6 is 0 Å². The number of hydrogen-bond acceptors (Lipinski definition) is 3. The predicted molar refractivity (Wildman–Crippen MR) is 85.7 cm³/mol. The maximum atomic E-state index is 10.6. The van der Waals surface area contributed by atoms with E-state index in [1.165, 1.54) is 70.4 Å². The molecule has 0 aliphatic carbocycles. The maximum absolute atomic E-state index is 10.6. The number of hydrogen-bond donors (Lipinski definition) is 2. The number of piperidine rings is 1. The third-order valence-electron chi connectivity index (χ3n) is 3.78. The molecule has 0 unspecified atom stereocenters. The molecule has 1 aliphatic rings. The van der Waals surface area contributed by atoms with Gasteiger partial charge in [-0.25, -0.2) is 9.59 Å². The van der Waals surface area contributed by atoms with E-state index in [1.54, 1.807) is 0 Å². The van der Waals surface area contributed by atoms with Gasteiger partial charge in [0.2, 0.25) is 0 Å². The first-order valence-corrected chi connectivity index (χ1v) is 7.76. The van der Waals surface area contributed by atoms with Gasteiger partial charge in [-0.2, -0.15) is 0 Å². The van der Waals surface area contributed by atoms with Gasteiger partial charge in [0.1, 0.15) is 0 Å². The zero-order chi connectivity index (χ0) is 16.5. The minimum atomic E-state index is -1.11. The molecule has 1 aromatic rings. The molecule has 0 atom stereocenters. The van der Waals surface area contributed by atoms with Gasteiger partial charge in [-0.3, -0.25) is 0 Å². The van der Waals surface area contributed by atoms with E-state index in [9.17, 15) is 9.59 Å². The highest BCUT2D eigenvalue weighted by Crippen LogP contribution is 2.13. The van der Waals surface area contributed by atoms with Crippen molar-refractivity contribution in [2.45, 2.75) is 39.5 Å². The van der Waals surface area contributed by atoms with Crippen LogP contribution in [0.25, 0.3) is 0 Å². The molecule has 0 bridgehead atoms. The molecule has 0 aromatic heterocycles. The van der Waals surface area contributed by atoms with Crippen molar-refractivity contribution >= 4 is 11.9 Å². The van der Waals surface area contributed by atoms with Gasteiger partial charge in [0.05, 0.1) is 11.1 Å². The van der Waals surface area contributed by atoms with Crippen LogP contribution in [0.15, 0.2) is 18.2 Å². The summed E-state index contributed by atoms with van der Waals surface area (Å²) in [7, 11) is 0. The van der Waals surface area contributed by atoms with Crippen LogP contribution in [0.1, 0.15) is 58.9 Å². The molecule has 0 spiro atoms. The summed E-state index contributed by atoms with van der Waals surface area (Å²) < 4.78 is 0. The lowest BCUT2D eigenvalue weighted by Crippen LogP contribution is -2.30. The van der Waals surface area contributed by atoms with Crippen molar-refractivity contribution in [2.24, 2.45) is 0 Å². The Hall–Kier alpha value is -1.88. The van der Waals surface area contributed by atoms with Crippen molar-refractivity contribution < 1.29 is 19.8 Å². The quantitative estimate of drug-likeness (QED) is 0.892. The van der Waals surface area contributed by atoms with Crippen LogP contribution in [0.4, 0.5) is 0 Å². The van der Waals surface area contributed by atoms with Crippen molar-refractivity contribution in [1.82, 2.24) is 4.90 Å². The molecule has 1 saturated heterocycles. The average molecular weight is 307 g/mol. The van der Waals surface area contributed by atoms with Crippen molar-refractivity contribution in [3.63, 3.8) is 0 Å². The summed E-state index contributed by atoms with van der Waals surface area (Å²) in [6, 6.07) is 4.17. The highest BCUT2D eigenvalue weighted by atomic mass is 16.4. The molecule has 0 amide bonds. The topological polar surface area (TPSA) is 77.8 Å². The zero-order valence-corrected chi connectivity index (χ0v) is 13.3. The van der Waals surface area contributed by atoms with Crippen LogP contribution in [0, 0.1) is 6.92 Å². The highest BCUT2D eigenvalue weighted by Gasteiger charge is 2.13. The number of carboxylic acid groups (broad SMARTS) is 2. The minimum Gasteiger partial charge on any atom is -0.478 e. The fourth-order valence-electron chi connectivity index (χ4n) is 2.60. The van der Waals surface area contributed by atoms with Crippen LogP contribution in [0.2, 0.25) is 0 Å². The van der Waals surface area contributed by atoms with E-state index in [4.69, 9.17) is 10.2 Å². The minimum absolute atomic E-state index is 0.0277. The summed E-state index contributed by atoms with van der Waals surface area (Å²) in [4.78, 5) is 23.8. The number of aromatic carboxylic acids is 2. The van der Waals surface area contributed by atoms with E-state index in [2.05, 4.69) is 11.8 Å². The molecule has 1 aromatic carbocycles. The zero-order valence-electron chi connectivity index (χ0n) is 13.3. The Bertz CT molecular complexity index is 472. The number of benzene rings is 1. The van der Waals surface area contributed by atoms with Crippen LogP contribution in [-0.2, 0) is 0 Å². The van der Waals surface area contributed by atoms with Crippen molar-refractivity contribution in [1.29, 1.82) is 0 Å². The molecule has 22 heavy (non-hydrogen) atoms. The van der Waals surface area contributed by atoms with Gasteiger partial charge in [0, 0.05) is 0 Å². The van der Waals surface area contributed by atoms with Gasteiger partial charge < -0.3 is 15.1 Å².